The maximum atomic E-state index is 13.2. The van der Waals surface area contributed by atoms with Crippen LogP contribution in [0.15, 0.2) is 33.9 Å². The van der Waals surface area contributed by atoms with Gasteiger partial charge in [-0.3, -0.25) is 4.79 Å². The summed E-state index contributed by atoms with van der Waals surface area (Å²) in [7, 11) is 1.77. The molecule has 0 bridgehead atoms. The Labute approximate surface area is 208 Å². The Bertz CT molecular complexity index is 1490. The second-order valence-corrected chi connectivity index (χ2v) is 9.08. The molecule has 0 radical (unpaired) electrons. The first-order chi connectivity index (χ1) is 17.4. The zero-order chi connectivity index (χ0) is 27.5. The second-order valence-electron chi connectivity index (χ2n) is 7.18. The van der Waals surface area contributed by atoms with Gasteiger partial charge < -0.3 is 9.30 Å². The van der Waals surface area contributed by atoms with Gasteiger partial charge in [0, 0.05) is 25.2 Å². The lowest BCUT2D eigenvalue weighted by atomic mass is 10.2. The summed E-state index contributed by atoms with van der Waals surface area (Å²) in [5, 5.41) is 4.78. The number of aromatic nitrogens is 6. The fourth-order valence-corrected chi connectivity index (χ4v) is 4.53. The highest BCUT2D eigenvalue weighted by Gasteiger charge is 2.32. The molecule has 10 nitrogen and oxygen atoms in total. The summed E-state index contributed by atoms with van der Waals surface area (Å²) in [5.41, 5.74) is -0.122. The number of esters is 1. The summed E-state index contributed by atoms with van der Waals surface area (Å²) in [5.74, 6) is -0.0552. The quantitative estimate of drug-likeness (QED) is 0.211. The van der Waals surface area contributed by atoms with Crippen molar-refractivity contribution < 1.29 is 36.3 Å². The van der Waals surface area contributed by atoms with E-state index in [-0.39, 0.29) is 28.3 Å². The molecule has 0 spiro atoms. The van der Waals surface area contributed by atoms with Gasteiger partial charge in [-0.15, -0.1) is 0 Å². The number of carbonyl (C=O) groups is 2. The van der Waals surface area contributed by atoms with E-state index in [9.17, 15) is 31.5 Å². The van der Waals surface area contributed by atoms with Crippen LogP contribution in [-0.4, -0.2) is 60.8 Å². The van der Waals surface area contributed by atoms with Gasteiger partial charge in [-0.25, -0.2) is 33.0 Å². The molecule has 0 aliphatic carbocycles. The number of methoxy groups -OCH3 is 1. The highest BCUT2D eigenvalue weighted by molar-refractivity contribution is 7.87. The SMILES string of the molecule is CC(F)F.CCS(=NC=O)c1nn2c(C(=O)OC)ccnc2c1-c1nc2cc(C(F)(F)F)cnc2n1C. The van der Waals surface area contributed by atoms with E-state index in [1.807, 2.05) is 0 Å². The average molecular weight is 545 g/mol. The summed E-state index contributed by atoms with van der Waals surface area (Å²) in [4.78, 5) is 36.0. The molecule has 1 amide bonds. The van der Waals surface area contributed by atoms with E-state index in [0.717, 1.165) is 19.2 Å². The molecule has 4 rings (SSSR count). The number of rotatable bonds is 5. The van der Waals surface area contributed by atoms with Gasteiger partial charge >= 0.3 is 12.1 Å². The fourth-order valence-electron chi connectivity index (χ4n) is 3.31. The van der Waals surface area contributed by atoms with Gasteiger partial charge in [0.25, 0.3) is 0 Å². The van der Waals surface area contributed by atoms with Crippen LogP contribution in [0.2, 0.25) is 0 Å². The van der Waals surface area contributed by atoms with Crippen LogP contribution in [0.25, 0.3) is 28.2 Å². The third-order valence-electron chi connectivity index (χ3n) is 4.81. The predicted octanol–water partition coefficient (Wildman–Crippen LogP) is 4.09. The molecule has 0 fully saturated rings. The first-order valence-corrected chi connectivity index (χ1v) is 11.8. The van der Waals surface area contributed by atoms with Crippen LogP contribution in [0.5, 0.6) is 0 Å². The normalized spacial score (nSPS) is 12.6. The topological polar surface area (TPSA) is 117 Å². The van der Waals surface area contributed by atoms with E-state index in [4.69, 9.17) is 4.74 Å². The van der Waals surface area contributed by atoms with E-state index in [1.165, 1.54) is 28.5 Å². The largest absolute Gasteiger partial charge is 0.464 e. The standard InChI is InChI=1S/C19H16F3N7O3S.C2H4F2/c1-4-33(25-9-30)17-13(15-23-6-5-12(18(31)32-3)29(15)27-17)16-26-11-7-10(19(20,21)22)8-24-14(11)28(16)2;1-2(3)4/h5-9H,4H2,1-3H3;2H,1H3. The highest BCUT2D eigenvalue weighted by atomic mass is 32.2. The van der Waals surface area contributed by atoms with Gasteiger partial charge in [0.1, 0.15) is 16.4 Å². The molecule has 37 heavy (non-hydrogen) atoms. The molecule has 0 aliphatic rings. The van der Waals surface area contributed by atoms with Gasteiger partial charge in [0.05, 0.1) is 18.2 Å². The van der Waals surface area contributed by atoms with E-state index in [2.05, 4.69) is 24.4 Å². The van der Waals surface area contributed by atoms with Gasteiger partial charge in [-0.1, -0.05) is 6.92 Å². The minimum absolute atomic E-state index is 0.0143. The number of halogens is 5. The molecule has 4 heterocycles. The van der Waals surface area contributed by atoms with Crippen molar-refractivity contribution in [1.29, 1.82) is 0 Å². The number of ether oxygens (including phenoxy) is 1. The van der Waals surface area contributed by atoms with Crippen LogP contribution in [0.3, 0.4) is 0 Å². The molecule has 16 heteroatoms. The maximum Gasteiger partial charge on any atom is 0.417 e. The fraction of sp³-hybridized carbons (Fsp3) is 0.333. The van der Waals surface area contributed by atoms with Crippen molar-refractivity contribution >= 4 is 39.9 Å². The molecule has 0 aliphatic heterocycles. The average Bonchev–Trinajstić information content (AvgIpc) is 3.38. The maximum absolute atomic E-state index is 13.2. The first-order valence-electron chi connectivity index (χ1n) is 10.4. The van der Waals surface area contributed by atoms with Gasteiger partial charge in [-0.05, 0) is 29.7 Å². The number of alkyl halides is 5. The van der Waals surface area contributed by atoms with Crippen molar-refractivity contribution in [2.45, 2.75) is 31.5 Å². The second kappa shape index (κ2) is 11.1. The van der Waals surface area contributed by atoms with Crippen molar-refractivity contribution in [2.75, 3.05) is 12.9 Å². The number of pyridine rings is 1. The molecule has 0 aromatic carbocycles. The van der Waals surface area contributed by atoms with Crippen LogP contribution in [0.4, 0.5) is 22.0 Å². The number of nitrogens with zero attached hydrogens (tertiary/aromatic N) is 7. The van der Waals surface area contributed by atoms with Crippen LogP contribution >= 0.6 is 0 Å². The third kappa shape index (κ3) is 5.63. The zero-order valence-corrected chi connectivity index (χ0v) is 20.6. The van der Waals surface area contributed by atoms with Crippen molar-refractivity contribution in [3.8, 4) is 11.4 Å². The molecule has 4 aromatic heterocycles. The molecule has 198 valence electrons. The van der Waals surface area contributed by atoms with E-state index >= 15 is 0 Å². The first kappa shape index (κ1) is 27.8. The Kier molecular flexibility index (Phi) is 8.30. The summed E-state index contributed by atoms with van der Waals surface area (Å²) < 4.78 is 71.7. The molecular weight excluding hydrogens is 525 g/mol. The number of amides is 1. The number of aryl methyl sites for hydroxylation is 1. The summed E-state index contributed by atoms with van der Waals surface area (Å²) in [6.07, 6.45) is -4.24. The lowest BCUT2D eigenvalue weighted by Crippen LogP contribution is -2.09. The predicted molar refractivity (Wildman–Crippen MR) is 123 cm³/mol. The minimum atomic E-state index is -4.58. The summed E-state index contributed by atoms with van der Waals surface area (Å²) in [6, 6.07) is 2.31. The van der Waals surface area contributed by atoms with E-state index in [1.54, 1.807) is 14.0 Å². The Morgan fingerprint density at radius 1 is 1.27 bits per heavy atom. The van der Waals surface area contributed by atoms with Crippen LogP contribution in [-0.2, 0) is 33.4 Å². The molecule has 0 N–H and O–H groups in total. The number of carbonyl (C=O) groups excluding carboxylic acids is 2. The van der Waals surface area contributed by atoms with Crippen LogP contribution < -0.4 is 0 Å². The summed E-state index contributed by atoms with van der Waals surface area (Å²) >= 11 is 0. The Balaban J connectivity index is 0.000000886. The lowest BCUT2D eigenvalue weighted by Gasteiger charge is -2.06. The highest BCUT2D eigenvalue weighted by Crippen LogP contribution is 2.34. The van der Waals surface area contributed by atoms with Crippen LogP contribution in [0, 0.1) is 0 Å². The van der Waals surface area contributed by atoms with E-state index < -0.39 is 34.8 Å². The molecule has 0 saturated carbocycles. The summed E-state index contributed by atoms with van der Waals surface area (Å²) in [6.45, 7) is 2.63. The number of hydrogen-bond donors (Lipinski definition) is 0. The number of hydrogen-bond acceptors (Lipinski definition) is 7. The Morgan fingerprint density at radius 2 is 1.95 bits per heavy atom. The Hall–Kier alpha value is -3.82. The molecule has 1 unspecified atom stereocenters. The third-order valence-corrected chi connectivity index (χ3v) is 6.43. The smallest absolute Gasteiger partial charge is 0.417 e. The van der Waals surface area contributed by atoms with Gasteiger partial charge in [0.2, 0.25) is 12.8 Å². The molecular formula is C21H20F5N7O3S. The monoisotopic (exact) mass is 545 g/mol. The number of imidazole rings is 1. The molecule has 4 aromatic rings. The van der Waals surface area contributed by atoms with Crippen molar-refractivity contribution in [3.05, 3.63) is 35.8 Å². The zero-order valence-electron chi connectivity index (χ0n) is 19.8. The molecule has 1 atom stereocenters. The minimum Gasteiger partial charge on any atom is -0.464 e. The Morgan fingerprint density at radius 3 is 2.51 bits per heavy atom. The van der Waals surface area contributed by atoms with Crippen molar-refractivity contribution in [2.24, 2.45) is 11.4 Å². The molecule has 0 saturated heterocycles. The van der Waals surface area contributed by atoms with E-state index in [0.29, 0.717) is 22.8 Å². The number of fused-ring (bicyclic) bond motifs is 2. The lowest BCUT2D eigenvalue weighted by molar-refractivity contribution is -0.137. The van der Waals surface area contributed by atoms with Crippen LogP contribution in [0.1, 0.15) is 29.9 Å². The van der Waals surface area contributed by atoms with Gasteiger partial charge in [-0.2, -0.15) is 22.6 Å². The van der Waals surface area contributed by atoms with Crippen molar-refractivity contribution in [3.63, 3.8) is 0 Å². The van der Waals surface area contributed by atoms with Crippen molar-refractivity contribution in [1.82, 2.24) is 29.1 Å². The van der Waals surface area contributed by atoms with Gasteiger partial charge in [0.15, 0.2) is 17.0 Å².